The number of nitrogens with zero attached hydrogens (tertiary/aromatic N) is 4. The van der Waals surface area contributed by atoms with Gasteiger partial charge in [0.15, 0.2) is 5.13 Å². The minimum absolute atomic E-state index is 0.311. The van der Waals surface area contributed by atoms with Crippen molar-refractivity contribution in [2.24, 2.45) is 0 Å². The third-order valence-corrected chi connectivity index (χ3v) is 5.71. The molecule has 0 N–H and O–H groups in total. The van der Waals surface area contributed by atoms with Crippen molar-refractivity contribution in [2.75, 3.05) is 32.1 Å². The Hall–Kier alpha value is -0.650. The van der Waals surface area contributed by atoms with Crippen LogP contribution in [-0.4, -0.2) is 59.6 Å². The summed E-state index contributed by atoms with van der Waals surface area (Å²) in [4.78, 5) is 13.3. The number of rotatable bonds is 3. The summed E-state index contributed by atoms with van der Waals surface area (Å²) in [6.07, 6.45) is 3.43. The molecule has 2 aliphatic heterocycles. The highest BCUT2D eigenvalue weighted by atomic mass is 32.1. The van der Waals surface area contributed by atoms with Crippen molar-refractivity contribution in [3.63, 3.8) is 0 Å². The predicted octanol–water partition coefficient (Wildman–Crippen LogP) is 2.27. The molecule has 4 nitrogen and oxygen atoms in total. The second-order valence-corrected chi connectivity index (χ2v) is 8.39. The van der Waals surface area contributed by atoms with E-state index in [9.17, 15) is 0 Å². The van der Waals surface area contributed by atoms with E-state index < -0.39 is 0 Å². The van der Waals surface area contributed by atoms with E-state index in [-0.39, 0.29) is 0 Å². The largest absolute Gasteiger partial charge is 0.354 e. The molecule has 0 amide bonds. The number of thiazole rings is 1. The highest BCUT2D eigenvalue weighted by Gasteiger charge is 2.46. The van der Waals surface area contributed by atoms with Crippen LogP contribution in [0.25, 0.3) is 0 Å². The van der Waals surface area contributed by atoms with Crippen molar-refractivity contribution in [1.82, 2.24) is 14.8 Å². The van der Waals surface area contributed by atoms with E-state index in [1.165, 1.54) is 24.4 Å². The van der Waals surface area contributed by atoms with Gasteiger partial charge in [0.2, 0.25) is 0 Å². The Bertz CT molecular complexity index is 464. The van der Waals surface area contributed by atoms with Gasteiger partial charge in [-0.3, -0.25) is 9.80 Å². The zero-order valence-corrected chi connectivity index (χ0v) is 14.1. The SMILES string of the molecule is CN(C)c1ncc(CN2C3CC2CN(C(C)(C)C)C3)s1. The van der Waals surface area contributed by atoms with E-state index >= 15 is 0 Å². The molecule has 2 atom stereocenters. The van der Waals surface area contributed by atoms with Gasteiger partial charge in [-0.05, 0) is 27.2 Å². The lowest BCUT2D eigenvalue weighted by molar-refractivity contribution is -0.0992. The van der Waals surface area contributed by atoms with Crippen LogP contribution in [0.5, 0.6) is 0 Å². The van der Waals surface area contributed by atoms with E-state index in [2.05, 4.69) is 60.7 Å². The lowest BCUT2D eigenvalue weighted by Gasteiger charge is -2.59. The maximum absolute atomic E-state index is 4.48. The fraction of sp³-hybridized carbons (Fsp3) is 0.800. The third-order valence-electron chi connectivity index (χ3n) is 4.56. The third kappa shape index (κ3) is 2.59. The average molecular weight is 294 g/mol. The smallest absolute Gasteiger partial charge is 0.185 e. The molecule has 2 saturated heterocycles. The molecule has 1 aromatic rings. The monoisotopic (exact) mass is 294 g/mol. The standard InChI is InChI=1S/C15H26N4S/c1-15(2,3)18-8-11-6-12(9-18)19(11)10-13-7-16-14(20-13)17(4)5/h7,11-12H,6,8-10H2,1-5H3. The van der Waals surface area contributed by atoms with Gasteiger partial charge in [-0.15, -0.1) is 11.3 Å². The maximum Gasteiger partial charge on any atom is 0.185 e. The van der Waals surface area contributed by atoms with E-state index in [0.29, 0.717) is 5.54 Å². The zero-order chi connectivity index (χ0) is 14.5. The van der Waals surface area contributed by atoms with Gasteiger partial charge >= 0.3 is 0 Å². The Kier molecular flexibility index (Phi) is 3.55. The van der Waals surface area contributed by atoms with E-state index in [1.807, 2.05) is 11.3 Å². The van der Waals surface area contributed by atoms with Crippen LogP contribution in [0.4, 0.5) is 5.13 Å². The van der Waals surface area contributed by atoms with Crippen molar-refractivity contribution in [3.05, 3.63) is 11.1 Å². The van der Waals surface area contributed by atoms with Crippen LogP contribution >= 0.6 is 11.3 Å². The summed E-state index contributed by atoms with van der Waals surface area (Å²) in [7, 11) is 4.12. The van der Waals surface area contributed by atoms with Gasteiger partial charge in [-0.2, -0.15) is 0 Å². The molecular formula is C15H26N4S. The van der Waals surface area contributed by atoms with Crippen molar-refractivity contribution in [2.45, 2.75) is 51.4 Å². The summed E-state index contributed by atoms with van der Waals surface area (Å²) in [5.74, 6) is 0. The normalized spacial score (nSPS) is 27.4. The minimum atomic E-state index is 0.311. The molecule has 0 radical (unpaired) electrons. The molecule has 2 unspecified atom stereocenters. The molecule has 3 rings (SSSR count). The Morgan fingerprint density at radius 3 is 2.45 bits per heavy atom. The topological polar surface area (TPSA) is 22.6 Å². The number of hydrogen-bond donors (Lipinski definition) is 0. The number of likely N-dealkylation sites (tertiary alicyclic amines) is 2. The Morgan fingerprint density at radius 1 is 1.30 bits per heavy atom. The number of aromatic nitrogens is 1. The van der Waals surface area contributed by atoms with Crippen molar-refractivity contribution in [3.8, 4) is 0 Å². The van der Waals surface area contributed by atoms with Gasteiger partial charge in [0.1, 0.15) is 0 Å². The lowest BCUT2D eigenvalue weighted by Crippen LogP contribution is -2.70. The molecule has 112 valence electrons. The maximum atomic E-state index is 4.48. The molecule has 0 aromatic carbocycles. The molecule has 3 heterocycles. The molecular weight excluding hydrogens is 268 g/mol. The van der Waals surface area contributed by atoms with E-state index in [1.54, 1.807) is 0 Å². The van der Waals surface area contributed by atoms with E-state index in [0.717, 1.165) is 23.8 Å². The van der Waals surface area contributed by atoms with Gasteiger partial charge in [0.05, 0.1) is 0 Å². The number of piperidine rings is 1. The molecule has 20 heavy (non-hydrogen) atoms. The fourth-order valence-corrected chi connectivity index (χ4v) is 4.09. The first-order chi connectivity index (χ1) is 9.34. The van der Waals surface area contributed by atoms with Crippen LogP contribution in [-0.2, 0) is 6.54 Å². The molecule has 5 heteroatoms. The number of piperazine rings is 1. The quantitative estimate of drug-likeness (QED) is 0.853. The highest BCUT2D eigenvalue weighted by Crippen LogP contribution is 2.37. The van der Waals surface area contributed by atoms with Crippen molar-refractivity contribution >= 4 is 16.5 Å². The molecule has 2 fully saturated rings. The van der Waals surface area contributed by atoms with Crippen LogP contribution in [0, 0.1) is 0 Å². The van der Waals surface area contributed by atoms with E-state index in [4.69, 9.17) is 0 Å². The van der Waals surface area contributed by atoms with Crippen molar-refractivity contribution in [1.29, 1.82) is 0 Å². The molecule has 0 aliphatic carbocycles. The van der Waals surface area contributed by atoms with Crippen LogP contribution < -0.4 is 4.90 Å². The number of fused-ring (bicyclic) bond motifs is 2. The van der Waals surface area contributed by atoms with Crippen LogP contribution in [0.15, 0.2) is 6.20 Å². The van der Waals surface area contributed by atoms with Gasteiger partial charge in [0, 0.05) is 62.4 Å². The molecule has 0 saturated carbocycles. The van der Waals surface area contributed by atoms with Crippen LogP contribution in [0.3, 0.4) is 0 Å². The van der Waals surface area contributed by atoms with Gasteiger partial charge in [0.25, 0.3) is 0 Å². The molecule has 0 spiro atoms. The summed E-state index contributed by atoms with van der Waals surface area (Å²) in [6.45, 7) is 10.5. The summed E-state index contributed by atoms with van der Waals surface area (Å²) in [5, 5.41) is 1.11. The first-order valence-corrected chi connectivity index (χ1v) is 8.29. The zero-order valence-electron chi connectivity index (χ0n) is 13.3. The first-order valence-electron chi connectivity index (χ1n) is 7.47. The fourth-order valence-electron chi connectivity index (χ4n) is 3.25. The van der Waals surface area contributed by atoms with Gasteiger partial charge in [-0.25, -0.2) is 4.98 Å². The summed E-state index contributed by atoms with van der Waals surface area (Å²) in [6, 6.07) is 1.50. The average Bonchev–Trinajstić information content (AvgIpc) is 2.84. The molecule has 2 bridgehead atoms. The molecule has 2 aliphatic rings. The summed E-state index contributed by atoms with van der Waals surface area (Å²) < 4.78 is 0. The summed E-state index contributed by atoms with van der Waals surface area (Å²) in [5.41, 5.74) is 0.311. The Balaban J connectivity index is 1.61. The predicted molar refractivity (Wildman–Crippen MR) is 85.5 cm³/mol. The Labute approximate surface area is 126 Å². The van der Waals surface area contributed by atoms with Crippen LogP contribution in [0.2, 0.25) is 0 Å². The highest BCUT2D eigenvalue weighted by molar-refractivity contribution is 7.15. The number of hydrogen-bond acceptors (Lipinski definition) is 5. The minimum Gasteiger partial charge on any atom is -0.354 e. The Morgan fingerprint density at radius 2 is 1.95 bits per heavy atom. The first kappa shape index (κ1) is 14.3. The van der Waals surface area contributed by atoms with Crippen molar-refractivity contribution < 1.29 is 0 Å². The second-order valence-electron chi connectivity index (χ2n) is 7.30. The van der Waals surface area contributed by atoms with Crippen LogP contribution in [0.1, 0.15) is 32.1 Å². The molecule has 1 aromatic heterocycles. The second kappa shape index (κ2) is 4.97. The summed E-state index contributed by atoms with van der Waals surface area (Å²) >= 11 is 1.82. The van der Waals surface area contributed by atoms with Gasteiger partial charge < -0.3 is 4.90 Å². The lowest BCUT2D eigenvalue weighted by atomic mass is 9.85. The number of anilines is 1. The van der Waals surface area contributed by atoms with Gasteiger partial charge in [-0.1, -0.05) is 0 Å².